The van der Waals surface area contributed by atoms with E-state index < -0.39 is 11.6 Å². The van der Waals surface area contributed by atoms with Gasteiger partial charge in [-0.3, -0.25) is 4.90 Å². The zero-order valence-corrected chi connectivity index (χ0v) is 6.51. The van der Waals surface area contributed by atoms with Gasteiger partial charge in [0.05, 0.1) is 0 Å². The molecule has 1 heterocycles. The Kier molecular flexibility index (Phi) is 2.13. The largest absolute Gasteiger partial charge is 0.479 e. The second-order valence-electron chi connectivity index (χ2n) is 2.89. The highest BCUT2D eigenvalue weighted by atomic mass is 19.1. The van der Waals surface area contributed by atoms with Crippen LogP contribution in [0.4, 0.5) is 4.39 Å². The first-order chi connectivity index (χ1) is 5.08. The van der Waals surface area contributed by atoms with Crippen molar-refractivity contribution < 1.29 is 14.3 Å². The Bertz CT molecular complexity index is 174. The number of hydrogen-bond acceptors (Lipinski definition) is 2. The third-order valence-corrected chi connectivity index (χ3v) is 2.13. The minimum Gasteiger partial charge on any atom is -0.479 e. The molecule has 4 heteroatoms. The van der Waals surface area contributed by atoms with Crippen molar-refractivity contribution in [1.82, 2.24) is 4.90 Å². The third kappa shape index (κ3) is 1.50. The van der Waals surface area contributed by atoms with Crippen molar-refractivity contribution in [1.29, 1.82) is 0 Å². The summed E-state index contributed by atoms with van der Waals surface area (Å²) >= 11 is 0. The van der Waals surface area contributed by atoms with Crippen LogP contribution >= 0.6 is 0 Å². The topological polar surface area (TPSA) is 40.5 Å². The van der Waals surface area contributed by atoms with E-state index in [4.69, 9.17) is 5.11 Å². The van der Waals surface area contributed by atoms with Gasteiger partial charge in [-0.2, -0.15) is 0 Å². The van der Waals surface area contributed by atoms with Crippen LogP contribution in [0.3, 0.4) is 0 Å². The van der Waals surface area contributed by atoms with Crippen molar-refractivity contribution in [3.63, 3.8) is 0 Å². The van der Waals surface area contributed by atoms with Crippen molar-refractivity contribution in [3.8, 4) is 0 Å². The third-order valence-electron chi connectivity index (χ3n) is 2.13. The molecule has 1 atom stereocenters. The lowest BCUT2D eigenvalue weighted by atomic mass is 10.1. The second kappa shape index (κ2) is 2.77. The molecule has 1 rings (SSSR count). The molecule has 0 spiro atoms. The second-order valence-corrected chi connectivity index (χ2v) is 2.89. The minimum atomic E-state index is -1.99. The number of likely N-dealkylation sites (tertiary alicyclic amines) is 1. The maximum Gasteiger partial charge on any atom is 0.342 e. The van der Waals surface area contributed by atoms with E-state index in [0.717, 1.165) is 6.54 Å². The summed E-state index contributed by atoms with van der Waals surface area (Å²) in [5.41, 5.74) is -1.99. The average Bonchev–Trinajstić information content (AvgIpc) is 2.33. The number of carbonyl (C=O) groups is 1. The van der Waals surface area contributed by atoms with Crippen LogP contribution in [0, 0.1) is 0 Å². The predicted molar refractivity (Wildman–Crippen MR) is 38.2 cm³/mol. The van der Waals surface area contributed by atoms with Crippen molar-refractivity contribution in [2.75, 3.05) is 19.6 Å². The summed E-state index contributed by atoms with van der Waals surface area (Å²) in [6.07, 6.45) is 0.121. The van der Waals surface area contributed by atoms with Gasteiger partial charge in [0, 0.05) is 19.5 Å². The fourth-order valence-corrected chi connectivity index (χ4v) is 1.29. The highest BCUT2D eigenvalue weighted by molar-refractivity contribution is 5.78. The van der Waals surface area contributed by atoms with Gasteiger partial charge < -0.3 is 5.11 Å². The van der Waals surface area contributed by atoms with Crippen molar-refractivity contribution in [2.45, 2.75) is 19.0 Å². The number of carboxylic acid groups (broad SMARTS) is 1. The van der Waals surface area contributed by atoms with E-state index in [0.29, 0.717) is 6.54 Å². The zero-order valence-electron chi connectivity index (χ0n) is 6.51. The monoisotopic (exact) mass is 161 g/mol. The summed E-state index contributed by atoms with van der Waals surface area (Å²) in [5.74, 6) is -1.33. The number of nitrogens with zero attached hydrogens (tertiary/aromatic N) is 1. The molecule has 0 aliphatic carbocycles. The molecule has 1 saturated heterocycles. The fourth-order valence-electron chi connectivity index (χ4n) is 1.29. The Morgan fingerprint density at radius 3 is 2.73 bits per heavy atom. The molecule has 64 valence electrons. The van der Waals surface area contributed by atoms with Crippen LogP contribution < -0.4 is 0 Å². The van der Waals surface area contributed by atoms with Gasteiger partial charge >= 0.3 is 5.97 Å². The molecular weight excluding hydrogens is 149 g/mol. The lowest BCUT2D eigenvalue weighted by Gasteiger charge is -2.14. The van der Waals surface area contributed by atoms with Crippen LogP contribution in [-0.2, 0) is 4.79 Å². The quantitative estimate of drug-likeness (QED) is 0.641. The molecule has 1 N–H and O–H groups in total. The van der Waals surface area contributed by atoms with Crippen LogP contribution in [0.25, 0.3) is 0 Å². The normalized spacial score (nSPS) is 32.5. The van der Waals surface area contributed by atoms with Gasteiger partial charge in [0.25, 0.3) is 0 Å². The fraction of sp³-hybridized carbons (Fsp3) is 0.857. The van der Waals surface area contributed by atoms with Gasteiger partial charge in [0.2, 0.25) is 5.67 Å². The summed E-state index contributed by atoms with van der Waals surface area (Å²) in [4.78, 5) is 12.2. The van der Waals surface area contributed by atoms with E-state index in [1.165, 1.54) is 0 Å². The van der Waals surface area contributed by atoms with Crippen molar-refractivity contribution in [2.24, 2.45) is 0 Å². The Labute approximate surface area is 64.8 Å². The first-order valence-corrected chi connectivity index (χ1v) is 3.73. The molecule has 11 heavy (non-hydrogen) atoms. The van der Waals surface area contributed by atoms with Crippen LogP contribution in [0.5, 0.6) is 0 Å². The molecule has 0 aromatic rings. The first kappa shape index (κ1) is 8.46. The number of carboxylic acids is 1. The van der Waals surface area contributed by atoms with Crippen LogP contribution in [-0.4, -0.2) is 41.3 Å². The van der Waals surface area contributed by atoms with E-state index in [1.54, 1.807) is 4.90 Å². The molecule has 1 fully saturated rings. The number of halogens is 1. The standard InChI is InChI=1S/C7H12FNO2/c1-2-9-4-3-7(8,5-9)6(10)11/h2-5H2,1H3,(H,10,11). The van der Waals surface area contributed by atoms with E-state index >= 15 is 0 Å². The molecule has 0 saturated carbocycles. The smallest absolute Gasteiger partial charge is 0.342 e. The van der Waals surface area contributed by atoms with Gasteiger partial charge in [0.15, 0.2) is 0 Å². The average molecular weight is 161 g/mol. The molecule has 0 aromatic carbocycles. The van der Waals surface area contributed by atoms with Gasteiger partial charge in [-0.1, -0.05) is 6.92 Å². The molecule has 0 radical (unpaired) electrons. The van der Waals surface area contributed by atoms with Crippen LogP contribution in [0.1, 0.15) is 13.3 Å². The molecule has 0 aromatic heterocycles. The lowest BCUT2D eigenvalue weighted by Crippen LogP contribution is -2.36. The Morgan fingerprint density at radius 2 is 2.45 bits per heavy atom. The van der Waals surface area contributed by atoms with E-state index in [1.807, 2.05) is 6.92 Å². The SMILES string of the molecule is CCN1CCC(F)(C(=O)O)C1. The Hall–Kier alpha value is -0.640. The number of aliphatic carboxylic acids is 1. The summed E-state index contributed by atoms with van der Waals surface area (Å²) < 4.78 is 13.2. The van der Waals surface area contributed by atoms with Crippen molar-refractivity contribution >= 4 is 5.97 Å². The number of hydrogen-bond donors (Lipinski definition) is 1. The summed E-state index contributed by atoms with van der Waals surface area (Å²) in [6, 6.07) is 0. The molecule has 0 bridgehead atoms. The Morgan fingerprint density at radius 1 is 1.82 bits per heavy atom. The zero-order chi connectivity index (χ0) is 8.48. The van der Waals surface area contributed by atoms with Gasteiger partial charge in [-0.05, 0) is 6.54 Å². The van der Waals surface area contributed by atoms with Gasteiger partial charge in [-0.15, -0.1) is 0 Å². The minimum absolute atomic E-state index is 0.0405. The highest BCUT2D eigenvalue weighted by Gasteiger charge is 2.44. The summed E-state index contributed by atoms with van der Waals surface area (Å²) in [7, 11) is 0. The van der Waals surface area contributed by atoms with E-state index in [2.05, 4.69) is 0 Å². The molecular formula is C7H12FNO2. The van der Waals surface area contributed by atoms with Gasteiger partial charge in [-0.25, -0.2) is 9.18 Å². The number of alkyl halides is 1. The molecule has 1 aliphatic heterocycles. The highest BCUT2D eigenvalue weighted by Crippen LogP contribution is 2.25. The van der Waals surface area contributed by atoms with Crippen molar-refractivity contribution in [3.05, 3.63) is 0 Å². The van der Waals surface area contributed by atoms with Crippen LogP contribution in [0.15, 0.2) is 0 Å². The van der Waals surface area contributed by atoms with E-state index in [9.17, 15) is 9.18 Å². The van der Waals surface area contributed by atoms with Crippen LogP contribution in [0.2, 0.25) is 0 Å². The summed E-state index contributed by atoms with van der Waals surface area (Å²) in [5, 5.41) is 8.48. The number of rotatable bonds is 2. The Balaban J connectivity index is 2.57. The maximum absolute atomic E-state index is 13.2. The van der Waals surface area contributed by atoms with E-state index in [-0.39, 0.29) is 13.0 Å². The molecule has 3 nitrogen and oxygen atoms in total. The predicted octanol–water partition coefficient (Wildman–Crippen LogP) is 0.505. The lowest BCUT2D eigenvalue weighted by molar-refractivity contribution is -0.149. The van der Waals surface area contributed by atoms with Gasteiger partial charge in [0.1, 0.15) is 0 Å². The molecule has 1 aliphatic rings. The molecule has 1 unspecified atom stereocenters. The maximum atomic E-state index is 13.2. The first-order valence-electron chi connectivity index (χ1n) is 3.73. The summed E-state index contributed by atoms with van der Waals surface area (Å²) in [6.45, 7) is 3.21. The molecule has 0 amide bonds.